The summed E-state index contributed by atoms with van der Waals surface area (Å²) in [5.41, 5.74) is 1.11. The average molecular weight is 212 g/mol. The Balaban J connectivity index is 0.000000980. The molecule has 0 radical (unpaired) electrons. The maximum atomic E-state index is 11.5. The fraction of sp³-hybridized carbons (Fsp3) is 0.364. The molecule has 0 atom stereocenters. The summed E-state index contributed by atoms with van der Waals surface area (Å²) in [6, 6.07) is 9.91. The molecule has 0 unspecified atom stereocenters. The quantitative estimate of drug-likeness (QED) is 0.732. The molecule has 76 valence electrons. The molecule has 1 aromatic rings. The largest absolute Gasteiger partial charge is 0.342 e. The lowest BCUT2D eigenvalue weighted by atomic mass is 10.1. The van der Waals surface area contributed by atoms with Gasteiger partial charge in [0.25, 0.3) is 0 Å². The summed E-state index contributed by atoms with van der Waals surface area (Å²) in [7, 11) is 0. The highest BCUT2D eigenvalue weighted by atomic mass is 35.5. The van der Waals surface area contributed by atoms with Gasteiger partial charge in [-0.2, -0.15) is 0 Å². The smallest absolute Gasteiger partial charge is 0.226 e. The van der Waals surface area contributed by atoms with Crippen LogP contribution >= 0.6 is 12.4 Å². The lowest BCUT2D eigenvalue weighted by molar-refractivity contribution is -0.133. The zero-order chi connectivity index (χ0) is 9.10. The molecular weight excluding hydrogens is 198 g/mol. The van der Waals surface area contributed by atoms with Gasteiger partial charge in [-0.15, -0.1) is 12.4 Å². The predicted molar refractivity (Wildman–Crippen MR) is 58.6 cm³/mol. The molecular formula is C11H14ClNO. The van der Waals surface area contributed by atoms with Gasteiger partial charge in [0, 0.05) is 13.1 Å². The second kappa shape index (κ2) is 5.01. The summed E-state index contributed by atoms with van der Waals surface area (Å²) in [5, 5.41) is 0. The molecule has 1 amide bonds. The lowest BCUT2D eigenvalue weighted by Gasteiger charge is -2.30. The van der Waals surface area contributed by atoms with Crippen molar-refractivity contribution < 1.29 is 4.79 Å². The third-order valence-electron chi connectivity index (χ3n) is 2.41. The molecule has 0 saturated carbocycles. The fourth-order valence-corrected chi connectivity index (χ4v) is 1.45. The van der Waals surface area contributed by atoms with E-state index in [2.05, 4.69) is 0 Å². The first kappa shape index (κ1) is 11.1. The Bertz CT molecular complexity index is 295. The highest BCUT2D eigenvalue weighted by Gasteiger charge is 2.19. The van der Waals surface area contributed by atoms with Crippen molar-refractivity contribution in [2.75, 3.05) is 13.1 Å². The van der Waals surface area contributed by atoms with Crippen LogP contribution in [-0.4, -0.2) is 23.9 Å². The van der Waals surface area contributed by atoms with Crippen molar-refractivity contribution in [3.8, 4) is 0 Å². The Morgan fingerprint density at radius 2 is 1.86 bits per heavy atom. The van der Waals surface area contributed by atoms with Crippen LogP contribution in [0, 0.1) is 0 Å². The van der Waals surface area contributed by atoms with Crippen LogP contribution in [0.3, 0.4) is 0 Å². The molecule has 14 heavy (non-hydrogen) atoms. The topological polar surface area (TPSA) is 20.3 Å². The van der Waals surface area contributed by atoms with Gasteiger partial charge >= 0.3 is 0 Å². The zero-order valence-electron chi connectivity index (χ0n) is 7.98. The van der Waals surface area contributed by atoms with Gasteiger partial charge in [-0.1, -0.05) is 30.3 Å². The summed E-state index contributed by atoms with van der Waals surface area (Å²) >= 11 is 0. The fourth-order valence-electron chi connectivity index (χ4n) is 1.45. The van der Waals surface area contributed by atoms with E-state index >= 15 is 0 Å². The Morgan fingerprint density at radius 1 is 1.21 bits per heavy atom. The van der Waals surface area contributed by atoms with E-state index in [-0.39, 0.29) is 18.3 Å². The van der Waals surface area contributed by atoms with E-state index in [4.69, 9.17) is 0 Å². The Labute approximate surface area is 90.3 Å². The van der Waals surface area contributed by atoms with Gasteiger partial charge < -0.3 is 4.90 Å². The Morgan fingerprint density at radius 3 is 2.36 bits per heavy atom. The van der Waals surface area contributed by atoms with Gasteiger partial charge in [0.1, 0.15) is 0 Å². The highest BCUT2D eigenvalue weighted by Crippen LogP contribution is 2.09. The van der Waals surface area contributed by atoms with Crippen molar-refractivity contribution in [3.63, 3.8) is 0 Å². The zero-order valence-corrected chi connectivity index (χ0v) is 8.80. The molecule has 2 rings (SSSR count). The summed E-state index contributed by atoms with van der Waals surface area (Å²) in [4.78, 5) is 13.4. The average Bonchev–Trinajstić information content (AvgIpc) is 2.02. The number of benzene rings is 1. The normalized spacial score (nSPS) is 14.1. The SMILES string of the molecule is Cl.O=C(Cc1ccccc1)N1CCC1. The van der Waals surface area contributed by atoms with Crippen LogP contribution in [-0.2, 0) is 11.2 Å². The molecule has 1 aromatic carbocycles. The van der Waals surface area contributed by atoms with Gasteiger partial charge in [-0.3, -0.25) is 4.79 Å². The number of likely N-dealkylation sites (tertiary alicyclic amines) is 1. The van der Waals surface area contributed by atoms with Crippen molar-refractivity contribution in [2.24, 2.45) is 0 Å². The third kappa shape index (κ3) is 2.48. The number of rotatable bonds is 2. The molecule has 2 nitrogen and oxygen atoms in total. The third-order valence-corrected chi connectivity index (χ3v) is 2.41. The predicted octanol–water partition coefficient (Wildman–Crippen LogP) is 1.88. The number of carbonyl (C=O) groups is 1. The van der Waals surface area contributed by atoms with E-state index in [1.54, 1.807) is 0 Å². The summed E-state index contributed by atoms with van der Waals surface area (Å²) in [5.74, 6) is 0.262. The van der Waals surface area contributed by atoms with Crippen molar-refractivity contribution in [3.05, 3.63) is 35.9 Å². The number of carbonyl (C=O) groups excluding carboxylic acids is 1. The summed E-state index contributed by atoms with van der Waals surface area (Å²) in [6.07, 6.45) is 1.72. The first-order chi connectivity index (χ1) is 6.36. The second-order valence-electron chi connectivity index (χ2n) is 3.40. The van der Waals surface area contributed by atoms with Crippen molar-refractivity contribution >= 4 is 18.3 Å². The van der Waals surface area contributed by atoms with E-state index < -0.39 is 0 Å². The molecule has 0 aliphatic carbocycles. The number of amides is 1. The van der Waals surface area contributed by atoms with E-state index in [1.165, 1.54) is 6.42 Å². The molecule has 0 bridgehead atoms. The summed E-state index contributed by atoms with van der Waals surface area (Å²) < 4.78 is 0. The number of hydrogen-bond acceptors (Lipinski definition) is 1. The standard InChI is InChI=1S/C11H13NO.ClH/c13-11(12-7-4-8-12)9-10-5-2-1-3-6-10;/h1-3,5-6H,4,7-9H2;1H. The van der Waals surface area contributed by atoms with Gasteiger partial charge in [0.05, 0.1) is 6.42 Å². The molecule has 1 saturated heterocycles. The van der Waals surface area contributed by atoms with Crippen LogP contribution in [0.25, 0.3) is 0 Å². The molecule has 1 fully saturated rings. The van der Waals surface area contributed by atoms with E-state index in [9.17, 15) is 4.79 Å². The molecule has 3 heteroatoms. The molecule has 1 heterocycles. The van der Waals surface area contributed by atoms with Crippen LogP contribution in [0.1, 0.15) is 12.0 Å². The molecule has 0 aromatic heterocycles. The van der Waals surface area contributed by atoms with Gasteiger partial charge in [-0.25, -0.2) is 0 Å². The minimum atomic E-state index is 0. The minimum Gasteiger partial charge on any atom is -0.342 e. The number of nitrogens with zero attached hydrogens (tertiary/aromatic N) is 1. The summed E-state index contributed by atoms with van der Waals surface area (Å²) in [6.45, 7) is 1.90. The minimum absolute atomic E-state index is 0. The van der Waals surface area contributed by atoms with Crippen LogP contribution in [0.15, 0.2) is 30.3 Å². The van der Waals surface area contributed by atoms with Crippen LogP contribution < -0.4 is 0 Å². The first-order valence-corrected chi connectivity index (χ1v) is 4.68. The maximum Gasteiger partial charge on any atom is 0.226 e. The van der Waals surface area contributed by atoms with E-state index in [1.807, 2.05) is 35.2 Å². The monoisotopic (exact) mass is 211 g/mol. The van der Waals surface area contributed by atoms with Crippen LogP contribution in [0.4, 0.5) is 0 Å². The second-order valence-corrected chi connectivity index (χ2v) is 3.40. The molecule has 1 aliphatic rings. The van der Waals surface area contributed by atoms with Crippen molar-refractivity contribution in [1.29, 1.82) is 0 Å². The van der Waals surface area contributed by atoms with Crippen LogP contribution in [0.5, 0.6) is 0 Å². The van der Waals surface area contributed by atoms with E-state index in [0.29, 0.717) is 6.42 Å². The highest BCUT2D eigenvalue weighted by molar-refractivity contribution is 5.85. The van der Waals surface area contributed by atoms with Gasteiger partial charge in [-0.05, 0) is 12.0 Å². The van der Waals surface area contributed by atoms with Crippen molar-refractivity contribution in [2.45, 2.75) is 12.8 Å². The lowest BCUT2D eigenvalue weighted by Crippen LogP contribution is -2.42. The van der Waals surface area contributed by atoms with E-state index in [0.717, 1.165) is 18.7 Å². The van der Waals surface area contributed by atoms with Crippen molar-refractivity contribution in [1.82, 2.24) is 4.90 Å². The van der Waals surface area contributed by atoms with Crippen LogP contribution in [0.2, 0.25) is 0 Å². The molecule has 0 N–H and O–H groups in total. The first-order valence-electron chi connectivity index (χ1n) is 4.68. The molecule has 0 spiro atoms. The molecule has 1 aliphatic heterocycles. The Kier molecular flexibility index (Phi) is 3.96. The van der Waals surface area contributed by atoms with Gasteiger partial charge in [0.2, 0.25) is 5.91 Å². The Hall–Kier alpha value is -1.02. The number of halogens is 1. The maximum absolute atomic E-state index is 11.5. The number of hydrogen-bond donors (Lipinski definition) is 0. The van der Waals surface area contributed by atoms with Gasteiger partial charge in [0.15, 0.2) is 0 Å².